The van der Waals surface area contributed by atoms with E-state index in [4.69, 9.17) is 14.2 Å². The summed E-state index contributed by atoms with van der Waals surface area (Å²) in [7, 11) is 5.01. The second-order valence-corrected chi connectivity index (χ2v) is 6.35. The minimum absolute atomic E-state index is 0.326. The van der Waals surface area contributed by atoms with Crippen molar-refractivity contribution in [3.05, 3.63) is 17.7 Å². The van der Waals surface area contributed by atoms with Gasteiger partial charge in [-0.2, -0.15) is 0 Å². The summed E-state index contributed by atoms with van der Waals surface area (Å²) >= 11 is 0. The summed E-state index contributed by atoms with van der Waals surface area (Å²) in [6, 6.07) is 4.42. The molecular formula is C18H30N2O3. The molecule has 1 aliphatic rings. The van der Waals surface area contributed by atoms with E-state index in [0.717, 1.165) is 38.3 Å². The van der Waals surface area contributed by atoms with Gasteiger partial charge < -0.3 is 19.5 Å². The highest BCUT2D eigenvalue weighted by atomic mass is 16.5. The Bertz CT molecular complexity index is 499. The first-order valence-corrected chi connectivity index (χ1v) is 8.36. The molecule has 1 saturated heterocycles. The molecule has 0 aromatic heterocycles. The fraction of sp³-hybridized carbons (Fsp3) is 0.667. The van der Waals surface area contributed by atoms with E-state index in [9.17, 15) is 0 Å². The summed E-state index contributed by atoms with van der Waals surface area (Å²) in [5, 5.41) is 3.43. The van der Waals surface area contributed by atoms with Crippen LogP contribution in [-0.4, -0.2) is 52.4 Å². The molecule has 0 saturated carbocycles. The maximum atomic E-state index is 5.72. The molecule has 0 radical (unpaired) electrons. The molecule has 5 nitrogen and oxygen atoms in total. The van der Waals surface area contributed by atoms with E-state index in [1.165, 1.54) is 5.56 Å². The number of ether oxygens (including phenoxy) is 3. The van der Waals surface area contributed by atoms with Gasteiger partial charge in [0.25, 0.3) is 0 Å². The normalized spacial score (nSPS) is 17.1. The van der Waals surface area contributed by atoms with Gasteiger partial charge in [-0.3, -0.25) is 4.90 Å². The predicted octanol–water partition coefficient (Wildman–Crippen LogP) is 2.70. The number of nitrogens with zero attached hydrogens (tertiary/aromatic N) is 1. The average Bonchev–Trinajstić information content (AvgIpc) is 2.58. The molecule has 0 amide bonds. The number of piperazine rings is 1. The second kappa shape index (κ2) is 8.41. The Labute approximate surface area is 139 Å². The highest BCUT2D eigenvalue weighted by Crippen LogP contribution is 2.44. The molecule has 1 atom stereocenters. The van der Waals surface area contributed by atoms with Gasteiger partial charge in [0, 0.05) is 37.8 Å². The molecule has 0 aliphatic carbocycles. The van der Waals surface area contributed by atoms with Crippen molar-refractivity contribution in [1.82, 2.24) is 10.2 Å². The van der Waals surface area contributed by atoms with E-state index < -0.39 is 0 Å². The molecule has 0 unspecified atom stereocenters. The van der Waals surface area contributed by atoms with E-state index in [1.807, 2.05) is 6.07 Å². The Kier molecular flexibility index (Phi) is 6.54. The van der Waals surface area contributed by atoms with Gasteiger partial charge in [-0.1, -0.05) is 13.8 Å². The van der Waals surface area contributed by atoms with Crippen LogP contribution in [0.1, 0.15) is 31.9 Å². The van der Waals surface area contributed by atoms with Crippen molar-refractivity contribution in [2.24, 2.45) is 5.92 Å². The monoisotopic (exact) mass is 322 g/mol. The van der Waals surface area contributed by atoms with Crippen LogP contribution in [0.3, 0.4) is 0 Å². The number of rotatable bonds is 7. The summed E-state index contributed by atoms with van der Waals surface area (Å²) in [4.78, 5) is 2.54. The maximum Gasteiger partial charge on any atom is 0.203 e. The highest BCUT2D eigenvalue weighted by Gasteiger charge is 2.28. The first-order chi connectivity index (χ1) is 11.1. The van der Waals surface area contributed by atoms with E-state index in [1.54, 1.807) is 21.3 Å². The Balaban J connectivity index is 2.44. The topological polar surface area (TPSA) is 43.0 Å². The minimum Gasteiger partial charge on any atom is -0.493 e. The largest absolute Gasteiger partial charge is 0.493 e. The molecule has 23 heavy (non-hydrogen) atoms. The van der Waals surface area contributed by atoms with Gasteiger partial charge in [-0.15, -0.1) is 0 Å². The zero-order valence-electron chi connectivity index (χ0n) is 15.0. The lowest BCUT2D eigenvalue weighted by Crippen LogP contribution is -2.45. The molecule has 1 fully saturated rings. The van der Waals surface area contributed by atoms with Gasteiger partial charge in [0.05, 0.1) is 21.3 Å². The van der Waals surface area contributed by atoms with Crippen LogP contribution in [0.4, 0.5) is 0 Å². The summed E-state index contributed by atoms with van der Waals surface area (Å²) < 4.78 is 16.7. The van der Waals surface area contributed by atoms with Crippen molar-refractivity contribution in [1.29, 1.82) is 0 Å². The van der Waals surface area contributed by atoms with E-state index in [0.29, 0.717) is 23.5 Å². The molecule has 0 bridgehead atoms. The van der Waals surface area contributed by atoms with Gasteiger partial charge in [0.1, 0.15) is 0 Å². The summed E-state index contributed by atoms with van der Waals surface area (Å²) in [5.74, 6) is 2.77. The molecule has 1 aliphatic heterocycles. The minimum atomic E-state index is 0.326. The average molecular weight is 322 g/mol. The van der Waals surface area contributed by atoms with E-state index >= 15 is 0 Å². The molecule has 1 aromatic rings. The van der Waals surface area contributed by atoms with Crippen LogP contribution in [0.5, 0.6) is 17.2 Å². The van der Waals surface area contributed by atoms with Crippen LogP contribution < -0.4 is 19.5 Å². The van der Waals surface area contributed by atoms with E-state index in [-0.39, 0.29) is 0 Å². The number of hydrogen-bond acceptors (Lipinski definition) is 5. The molecule has 130 valence electrons. The van der Waals surface area contributed by atoms with Crippen LogP contribution in [0.15, 0.2) is 12.1 Å². The molecule has 5 heteroatoms. The number of benzene rings is 1. The van der Waals surface area contributed by atoms with E-state index in [2.05, 4.69) is 30.1 Å². The van der Waals surface area contributed by atoms with Crippen molar-refractivity contribution in [3.63, 3.8) is 0 Å². The van der Waals surface area contributed by atoms with Gasteiger partial charge in [-0.25, -0.2) is 0 Å². The van der Waals surface area contributed by atoms with Crippen molar-refractivity contribution in [2.75, 3.05) is 47.5 Å². The number of methoxy groups -OCH3 is 3. The number of nitrogens with one attached hydrogen (secondary N) is 1. The SMILES string of the molecule is COc1ccc([C@@H](CC(C)C)N2CCNCC2)c(OC)c1OC. The molecule has 1 N–H and O–H groups in total. The molecule has 0 spiro atoms. The maximum absolute atomic E-state index is 5.72. The van der Waals surface area contributed by atoms with Gasteiger partial charge in [-0.05, 0) is 24.5 Å². The van der Waals surface area contributed by atoms with Gasteiger partial charge in [0.15, 0.2) is 11.5 Å². The quantitative estimate of drug-likeness (QED) is 0.836. The zero-order chi connectivity index (χ0) is 16.8. The third-order valence-electron chi connectivity index (χ3n) is 4.38. The molecule has 1 aromatic carbocycles. The zero-order valence-corrected chi connectivity index (χ0v) is 15.0. The first-order valence-electron chi connectivity index (χ1n) is 8.36. The molecular weight excluding hydrogens is 292 g/mol. The molecule has 1 heterocycles. The van der Waals surface area contributed by atoms with Crippen molar-refractivity contribution >= 4 is 0 Å². The fourth-order valence-corrected chi connectivity index (χ4v) is 3.30. The Morgan fingerprint density at radius 3 is 2.17 bits per heavy atom. The van der Waals surface area contributed by atoms with Crippen molar-refractivity contribution in [3.8, 4) is 17.2 Å². The van der Waals surface area contributed by atoms with Crippen molar-refractivity contribution < 1.29 is 14.2 Å². The summed E-state index contributed by atoms with van der Waals surface area (Å²) in [6.07, 6.45) is 1.09. The predicted molar refractivity (Wildman–Crippen MR) is 92.7 cm³/mol. The highest BCUT2D eigenvalue weighted by molar-refractivity contribution is 5.56. The summed E-state index contributed by atoms with van der Waals surface area (Å²) in [5.41, 5.74) is 1.18. The van der Waals surface area contributed by atoms with Crippen LogP contribution in [0, 0.1) is 5.92 Å². The van der Waals surface area contributed by atoms with Crippen LogP contribution in [0.25, 0.3) is 0 Å². The third-order valence-corrected chi connectivity index (χ3v) is 4.38. The Morgan fingerprint density at radius 2 is 1.65 bits per heavy atom. The fourth-order valence-electron chi connectivity index (χ4n) is 3.30. The number of hydrogen-bond donors (Lipinski definition) is 1. The second-order valence-electron chi connectivity index (χ2n) is 6.35. The lowest BCUT2D eigenvalue weighted by Gasteiger charge is -2.37. The Hall–Kier alpha value is -1.46. The van der Waals surface area contributed by atoms with Gasteiger partial charge in [0.2, 0.25) is 5.75 Å². The first kappa shape index (κ1) is 17.9. The van der Waals surface area contributed by atoms with Crippen LogP contribution >= 0.6 is 0 Å². The molecule has 2 rings (SSSR count). The van der Waals surface area contributed by atoms with Crippen LogP contribution in [-0.2, 0) is 0 Å². The lowest BCUT2D eigenvalue weighted by molar-refractivity contribution is 0.150. The standard InChI is InChI=1S/C18H30N2O3/c1-13(2)12-15(20-10-8-19-9-11-20)14-6-7-16(21-3)18(23-5)17(14)22-4/h6-7,13,15,19H,8-12H2,1-5H3/t15-/m1/s1. The van der Waals surface area contributed by atoms with Gasteiger partial charge >= 0.3 is 0 Å². The summed E-state index contributed by atoms with van der Waals surface area (Å²) in [6.45, 7) is 8.70. The van der Waals surface area contributed by atoms with Crippen LogP contribution in [0.2, 0.25) is 0 Å². The Morgan fingerprint density at radius 1 is 1.00 bits per heavy atom. The smallest absolute Gasteiger partial charge is 0.203 e. The third kappa shape index (κ3) is 4.09. The van der Waals surface area contributed by atoms with Crippen molar-refractivity contribution in [2.45, 2.75) is 26.3 Å². The lowest BCUT2D eigenvalue weighted by atomic mass is 9.93.